The van der Waals surface area contributed by atoms with Crippen LogP contribution in [0.2, 0.25) is 0 Å². The van der Waals surface area contributed by atoms with Crippen LogP contribution in [-0.2, 0) is 17.9 Å². The predicted octanol–water partition coefficient (Wildman–Crippen LogP) is 2.02. The van der Waals surface area contributed by atoms with Crippen molar-refractivity contribution in [3.05, 3.63) is 69.0 Å². The maximum atomic E-state index is 12.6. The summed E-state index contributed by atoms with van der Waals surface area (Å²) in [6.07, 6.45) is 4.43. The maximum absolute atomic E-state index is 12.6. The van der Waals surface area contributed by atoms with E-state index in [1.165, 1.54) is 22.8 Å². The van der Waals surface area contributed by atoms with E-state index in [-0.39, 0.29) is 17.2 Å². The Morgan fingerprint density at radius 3 is 2.71 bits per heavy atom. The zero-order valence-electron chi connectivity index (χ0n) is 17.0. The van der Waals surface area contributed by atoms with Gasteiger partial charge in [-0.3, -0.25) is 29.4 Å². The van der Waals surface area contributed by atoms with Crippen LogP contribution in [0.5, 0.6) is 0 Å². The highest BCUT2D eigenvalue weighted by Gasteiger charge is 2.21. The van der Waals surface area contributed by atoms with E-state index >= 15 is 0 Å². The topological polar surface area (TPSA) is 115 Å². The van der Waals surface area contributed by atoms with E-state index in [4.69, 9.17) is 4.42 Å². The van der Waals surface area contributed by atoms with Gasteiger partial charge in [0.05, 0.1) is 16.5 Å². The first-order chi connectivity index (χ1) is 15.0. The van der Waals surface area contributed by atoms with Crippen LogP contribution in [0.25, 0.3) is 11.1 Å². The monoisotopic (exact) mass is 425 g/mol. The summed E-state index contributed by atoms with van der Waals surface area (Å²) in [6, 6.07) is 8.05. The number of fused-ring (bicyclic) bond motifs is 1. The molecule has 0 bridgehead atoms. The van der Waals surface area contributed by atoms with E-state index in [2.05, 4.69) is 9.88 Å². The minimum absolute atomic E-state index is 0.0671. The van der Waals surface area contributed by atoms with Gasteiger partial charge in [-0.2, -0.15) is 0 Å². The number of amides is 1. The highest BCUT2D eigenvalue weighted by Crippen LogP contribution is 2.20. The third-order valence-electron chi connectivity index (χ3n) is 5.49. The number of aryl methyl sites for hydroxylation is 1. The van der Waals surface area contributed by atoms with Crippen molar-refractivity contribution in [3.63, 3.8) is 0 Å². The number of benzene rings is 1. The first kappa shape index (κ1) is 20.7. The van der Waals surface area contributed by atoms with Crippen LogP contribution in [-0.4, -0.2) is 56.4 Å². The summed E-state index contributed by atoms with van der Waals surface area (Å²) in [5.41, 5.74) is 1.69. The normalized spacial score (nSPS) is 14.8. The molecule has 1 aliphatic rings. The quantitative estimate of drug-likeness (QED) is 0.420. The second kappa shape index (κ2) is 9.09. The van der Waals surface area contributed by atoms with Gasteiger partial charge in [0.25, 0.3) is 5.69 Å². The van der Waals surface area contributed by atoms with E-state index in [1.54, 1.807) is 6.20 Å². The number of piperazine rings is 1. The first-order valence-electron chi connectivity index (χ1n) is 10.2. The van der Waals surface area contributed by atoms with Crippen LogP contribution >= 0.6 is 0 Å². The SMILES string of the molecule is O=C(CCCn1c(=O)oc2cc([N+](=O)[O-])ccc21)N1CCN(Cc2cccnc2)CC1. The molecule has 31 heavy (non-hydrogen) atoms. The van der Waals surface area contributed by atoms with Crippen LogP contribution in [0.1, 0.15) is 18.4 Å². The highest BCUT2D eigenvalue weighted by molar-refractivity contribution is 5.77. The number of oxazole rings is 1. The summed E-state index contributed by atoms with van der Waals surface area (Å²) in [7, 11) is 0. The average molecular weight is 425 g/mol. The van der Waals surface area contributed by atoms with Crippen molar-refractivity contribution in [2.45, 2.75) is 25.9 Å². The number of hydrogen-bond donors (Lipinski definition) is 0. The van der Waals surface area contributed by atoms with Gasteiger partial charge in [0.15, 0.2) is 5.58 Å². The highest BCUT2D eigenvalue weighted by atomic mass is 16.6. The van der Waals surface area contributed by atoms with Gasteiger partial charge in [0.1, 0.15) is 0 Å². The molecule has 1 saturated heterocycles. The van der Waals surface area contributed by atoms with Crippen molar-refractivity contribution < 1.29 is 14.1 Å². The Morgan fingerprint density at radius 2 is 2.00 bits per heavy atom. The lowest BCUT2D eigenvalue weighted by atomic mass is 10.2. The number of carbonyl (C=O) groups is 1. The molecular formula is C21H23N5O5. The third-order valence-corrected chi connectivity index (χ3v) is 5.49. The molecule has 1 aliphatic heterocycles. The summed E-state index contributed by atoms with van der Waals surface area (Å²) in [5, 5.41) is 10.9. The fourth-order valence-corrected chi connectivity index (χ4v) is 3.83. The van der Waals surface area contributed by atoms with Crippen molar-refractivity contribution in [1.29, 1.82) is 0 Å². The van der Waals surface area contributed by atoms with Gasteiger partial charge in [-0.1, -0.05) is 6.07 Å². The number of nitro benzene ring substituents is 1. The number of carbonyl (C=O) groups excluding carboxylic acids is 1. The summed E-state index contributed by atoms with van der Waals surface area (Å²) in [4.78, 5) is 43.3. The van der Waals surface area contributed by atoms with E-state index < -0.39 is 10.7 Å². The Labute approximate surface area is 177 Å². The lowest BCUT2D eigenvalue weighted by Crippen LogP contribution is -2.48. The Kier molecular flexibility index (Phi) is 6.08. The van der Waals surface area contributed by atoms with Crippen molar-refractivity contribution in [3.8, 4) is 0 Å². The van der Waals surface area contributed by atoms with Crippen LogP contribution in [0.4, 0.5) is 5.69 Å². The molecule has 0 N–H and O–H groups in total. The first-order valence-corrected chi connectivity index (χ1v) is 10.2. The molecular weight excluding hydrogens is 402 g/mol. The van der Waals surface area contributed by atoms with E-state index in [9.17, 15) is 19.7 Å². The molecule has 10 heteroatoms. The van der Waals surface area contributed by atoms with Crippen molar-refractivity contribution in [2.24, 2.45) is 0 Å². The predicted molar refractivity (Wildman–Crippen MR) is 112 cm³/mol. The minimum atomic E-state index is -0.577. The molecule has 0 spiro atoms. The van der Waals surface area contributed by atoms with Crippen LogP contribution in [0.3, 0.4) is 0 Å². The van der Waals surface area contributed by atoms with Gasteiger partial charge in [-0.25, -0.2) is 4.79 Å². The number of aromatic nitrogens is 2. The molecule has 0 saturated carbocycles. The van der Waals surface area contributed by atoms with E-state index in [0.717, 1.165) is 25.2 Å². The second-order valence-electron chi connectivity index (χ2n) is 7.55. The number of pyridine rings is 1. The van der Waals surface area contributed by atoms with Gasteiger partial charge in [0, 0.05) is 64.1 Å². The van der Waals surface area contributed by atoms with Gasteiger partial charge >= 0.3 is 5.76 Å². The Balaban J connectivity index is 1.27. The third kappa shape index (κ3) is 4.80. The molecule has 3 heterocycles. The summed E-state index contributed by atoms with van der Waals surface area (Å²) < 4.78 is 6.54. The Hall–Kier alpha value is -3.53. The van der Waals surface area contributed by atoms with E-state index in [1.807, 2.05) is 23.2 Å². The maximum Gasteiger partial charge on any atom is 0.419 e. The summed E-state index contributed by atoms with van der Waals surface area (Å²) in [5.74, 6) is -0.510. The van der Waals surface area contributed by atoms with E-state index in [0.29, 0.717) is 38.0 Å². The van der Waals surface area contributed by atoms with Crippen LogP contribution in [0.15, 0.2) is 51.9 Å². The fraction of sp³-hybridized carbons (Fsp3) is 0.381. The molecule has 0 unspecified atom stereocenters. The molecule has 0 aliphatic carbocycles. The lowest BCUT2D eigenvalue weighted by molar-refractivity contribution is -0.384. The minimum Gasteiger partial charge on any atom is -0.407 e. The molecule has 4 rings (SSSR count). The van der Waals surface area contributed by atoms with Crippen molar-refractivity contribution >= 4 is 22.7 Å². The molecule has 1 aromatic carbocycles. The average Bonchev–Trinajstić information content (AvgIpc) is 3.09. The van der Waals surface area contributed by atoms with Gasteiger partial charge in [-0.15, -0.1) is 0 Å². The van der Waals surface area contributed by atoms with Crippen molar-refractivity contribution in [2.75, 3.05) is 26.2 Å². The molecule has 0 atom stereocenters. The Morgan fingerprint density at radius 1 is 1.19 bits per heavy atom. The molecule has 1 fully saturated rings. The number of nitro groups is 1. The smallest absolute Gasteiger partial charge is 0.407 e. The molecule has 10 nitrogen and oxygen atoms in total. The molecule has 2 aromatic heterocycles. The van der Waals surface area contributed by atoms with Crippen LogP contribution in [0, 0.1) is 10.1 Å². The largest absolute Gasteiger partial charge is 0.419 e. The fourth-order valence-electron chi connectivity index (χ4n) is 3.83. The van der Waals surface area contributed by atoms with Gasteiger partial charge in [0.2, 0.25) is 5.91 Å². The van der Waals surface area contributed by atoms with Crippen molar-refractivity contribution in [1.82, 2.24) is 19.4 Å². The summed E-state index contributed by atoms with van der Waals surface area (Å²) >= 11 is 0. The van der Waals surface area contributed by atoms with Gasteiger partial charge in [-0.05, 0) is 24.1 Å². The van der Waals surface area contributed by atoms with Gasteiger partial charge < -0.3 is 9.32 Å². The number of hydrogen-bond acceptors (Lipinski definition) is 7. The standard InChI is InChI=1S/C21H23N5O5/c27-20(24-11-9-23(10-12-24)15-16-3-1-7-22-14-16)4-2-8-25-18-6-5-17(26(29)30)13-19(18)31-21(25)28/h1,3,5-7,13-14H,2,4,8-12,15H2. The molecule has 1 amide bonds. The number of non-ortho nitro benzene ring substituents is 1. The number of nitrogens with zero attached hydrogens (tertiary/aromatic N) is 5. The second-order valence-corrected chi connectivity index (χ2v) is 7.55. The zero-order chi connectivity index (χ0) is 21.8. The Bertz CT molecular complexity index is 1130. The summed E-state index contributed by atoms with van der Waals surface area (Å²) in [6.45, 7) is 4.12. The number of rotatable bonds is 7. The molecule has 3 aromatic rings. The molecule has 162 valence electrons. The van der Waals surface area contributed by atoms with Crippen LogP contribution < -0.4 is 5.76 Å². The zero-order valence-corrected chi connectivity index (χ0v) is 17.0. The molecule has 0 radical (unpaired) electrons. The lowest BCUT2D eigenvalue weighted by Gasteiger charge is -2.34.